The molecule has 194 valence electrons. The average molecular weight is 481 g/mol. The fourth-order valence-corrected chi connectivity index (χ4v) is 6.08. The van der Waals surface area contributed by atoms with Crippen LogP contribution >= 0.6 is 0 Å². The van der Waals surface area contributed by atoms with Crippen LogP contribution < -0.4 is 0 Å². The third kappa shape index (κ3) is 5.00. The second kappa shape index (κ2) is 8.49. The molecule has 0 radical (unpaired) electrons. The fourth-order valence-electron chi connectivity index (χ4n) is 6.08. The van der Waals surface area contributed by atoms with E-state index in [4.69, 9.17) is 18.9 Å². The van der Waals surface area contributed by atoms with E-state index in [9.17, 15) is 14.4 Å². The van der Waals surface area contributed by atoms with Crippen molar-refractivity contribution in [1.29, 1.82) is 0 Å². The van der Waals surface area contributed by atoms with Gasteiger partial charge in [0.2, 0.25) is 0 Å². The van der Waals surface area contributed by atoms with Crippen LogP contribution in [0.2, 0.25) is 0 Å². The van der Waals surface area contributed by atoms with Crippen LogP contribution in [0.5, 0.6) is 0 Å². The molecule has 0 amide bonds. The molecule has 3 rings (SSSR count). The molecule has 7 nitrogen and oxygen atoms in total. The highest BCUT2D eigenvalue weighted by atomic mass is 16.6. The molecule has 0 aromatic heterocycles. The first-order valence-electron chi connectivity index (χ1n) is 12.5. The maximum atomic E-state index is 13.1. The third-order valence-electron chi connectivity index (χ3n) is 8.00. The van der Waals surface area contributed by atoms with Crippen molar-refractivity contribution in [2.75, 3.05) is 13.2 Å². The van der Waals surface area contributed by atoms with Gasteiger partial charge in [-0.3, -0.25) is 9.59 Å². The monoisotopic (exact) mass is 480 g/mol. The third-order valence-corrected chi connectivity index (χ3v) is 8.00. The Labute approximate surface area is 204 Å². The Bertz CT molecular complexity index is 827. The SMILES string of the molecule is CC(C)(C)CC(C)(C(=O)OCC(=O)OC1C2CC3C1OCC3(C(=O)OC(C)(C)C)C2)C(C)(C)C. The van der Waals surface area contributed by atoms with E-state index in [1.165, 1.54) is 0 Å². The normalized spacial score (nSPS) is 32.3. The van der Waals surface area contributed by atoms with E-state index in [2.05, 4.69) is 20.8 Å². The number of carbonyl (C=O) groups is 3. The summed E-state index contributed by atoms with van der Waals surface area (Å²) >= 11 is 0. The van der Waals surface area contributed by atoms with Gasteiger partial charge in [0.05, 0.1) is 23.5 Å². The van der Waals surface area contributed by atoms with Crippen LogP contribution in [0.25, 0.3) is 0 Å². The molecule has 1 saturated heterocycles. The Kier molecular flexibility index (Phi) is 6.74. The number of ether oxygens (including phenoxy) is 4. The first kappa shape index (κ1) is 27.0. The van der Waals surface area contributed by atoms with Crippen LogP contribution in [0.15, 0.2) is 0 Å². The summed E-state index contributed by atoms with van der Waals surface area (Å²) < 4.78 is 22.9. The molecule has 2 bridgehead atoms. The molecule has 0 spiro atoms. The summed E-state index contributed by atoms with van der Waals surface area (Å²) in [6.45, 7) is 19.7. The maximum absolute atomic E-state index is 13.1. The van der Waals surface area contributed by atoms with Gasteiger partial charge >= 0.3 is 17.9 Å². The molecule has 1 heterocycles. The number of carbonyl (C=O) groups excluding carboxylic acids is 3. The minimum absolute atomic E-state index is 0.0105. The maximum Gasteiger partial charge on any atom is 0.344 e. The molecule has 34 heavy (non-hydrogen) atoms. The first-order valence-corrected chi connectivity index (χ1v) is 12.5. The molecule has 0 N–H and O–H groups in total. The Morgan fingerprint density at radius 2 is 1.59 bits per heavy atom. The van der Waals surface area contributed by atoms with Crippen LogP contribution in [0.4, 0.5) is 0 Å². The van der Waals surface area contributed by atoms with Gasteiger partial charge in [0.15, 0.2) is 6.61 Å². The molecule has 6 atom stereocenters. The van der Waals surface area contributed by atoms with Crippen molar-refractivity contribution in [1.82, 2.24) is 0 Å². The van der Waals surface area contributed by atoms with Gasteiger partial charge in [0, 0.05) is 11.8 Å². The largest absolute Gasteiger partial charge is 0.459 e. The minimum Gasteiger partial charge on any atom is -0.459 e. The highest BCUT2D eigenvalue weighted by Gasteiger charge is 2.70. The lowest BCUT2D eigenvalue weighted by Crippen LogP contribution is -2.46. The van der Waals surface area contributed by atoms with E-state index in [0.717, 1.165) is 6.42 Å². The van der Waals surface area contributed by atoms with Crippen molar-refractivity contribution in [2.24, 2.45) is 33.5 Å². The molecule has 2 saturated carbocycles. The van der Waals surface area contributed by atoms with Crippen LogP contribution in [-0.2, 0) is 33.3 Å². The van der Waals surface area contributed by atoms with Gasteiger partial charge in [0.25, 0.3) is 0 Å². The molecule has 3 aliphatic rings. The smallest absolute Gasteiger partial charge is 0.344 e. The van der Waals surface area contributed by atoms with Gasteiger partial charge in [-0.15, -0.1) is 0 Å². The second-order valence-corrected chi connectivity index (χ2v) is 14.1. The average Bonchev–Trinajstić information content (AvgIpc) is 3.24. The van der Waals surface area contributed by atoms with Gasteiger partial charge in [-0.05, 0) is 57.8 Å². The molecular weight excluding hydrogens is 436 g/mol. The molecule has 3 fully saturated rings. The quantitative estimate of drug-likeness (QED) is 0.402. The summed E-state index contributed by atoms with van der Waals surface area (Å²) in [7, 11) is 0. The highest BCUT2D eigenvalue weighted by molar-refractivity contribution is 5.81. The van der Waals surface area contributed by atoms with Gasteiger partial charge in [0.1, 0.15) is 11.7 Å². The number of esters is 3. The molecule has 1 aliphatic heterocycles. The highest BCUT2D eigenvalue weighted by Crippen LogP contribution is 2.62. The van der Waals surface area contributed by atoms with Crippen molar-refractivity contribution in [2.45, 2.75) is 106 Å². The van der Waals surface area contributed by atoms with Crippen molar-refractivity contribution in [3.05, 3.63) is 0 Å². The Morgan fingerprint density at radius 1 is 0.971 bits per heavy atom. The van der Waals surface area contributed by atoms with Crippen LogP contribution in [0, 0.1) is 33.5 Å². The lowest BCUT2D eigenvalue weighted by atomic mass is 9.61. The fraction of sp³-hybridized carbons (Fsp3) is 0.889. The topological polar surface area (TPSA) is 88.1 Å². The van der Waals surface area contributed by atoms with E-state index < -0.39 is 35.1 Å². The van der Waals surface area contributed by atoms with Crippen LogP contribution in [0.1, 0.15) is 88.5 Å². The van der Waals surface area contributed by atoms with Gasteiger partial charge in [-0.1, -0.05) is 41.5 Å². The van der Waals surface area contributed by atoms with E-state index in [-0.39, 0.29) is 40.7 Å². The standard InChI is InChI=1S/C27H44O7/c1-23(2,3)14-26(10,24(4,5)6)21(29)31-13-18(28)33-19-16-11-17-20(19)32-15-27(17,12-16)22(30)34-25(7,8)9/h16-17,19-20H,11-15H2,1-10H3. The molecular formula is C27H44O7. The van der Waals surface area contributed by atoms with Gasteiger partial charge in [-0.25, -0.2) is 4.79 Å². The zero-order valence-corrected chi connectivity index (χ0v) is 22.7. The van der Waals surface area contributed by atoms with E-state index in [0.29, 0.717) is 19.4 Å². The zero-order valence-electron chi connectivity index (χ0n) is 22.7. The molecule has 2 aliphatic carbocycles. The van der Waals surface area contributed by atoms with Crippen LogP contribution in [-0.4, -0.2) is 48.9 Å². The summed E-state index contributed by atoms with van der Waals surface area (Å²) in [5.41, 5.74) is -2.37. The van der Waals surface area contributed by atoms with Crippen molar-refractivity contribution in [3.8, 4) is 0 Å². The van der Waals surface area contributed by atoms with Gasteiger partial charge in [-0.2, -0.15) is 0 Å². The summed E-state index contributed by atoms with van der Waals surface area (Å²) in [6.07, 6.45) is 1.26. The summed E-state index contributed by atoms with van der Waals surface area (Å²) in [4.78, 5) is 38.7. The molecule has 0 aromatic carbocycles. The summed E-state index contributed by atoms with van der Waals surface area (Å²) in [5, 5.41) is 0. The predicted octanol–water partition coefficient (Wildman–Crippen LogP) is 4.70. The molecule has 6 unspecified atom stereocenters. The Morgan fingerprint density at radius 3 is 2.12 bits per heavy atom. The van der Waals surface area contributed by atoms with Crippen molar-refractivity contribution >= 4 is 17.9 Å². The summed E-state index contributed by atoms with van der Waals surface area (Å²) in [5.74, 6) is -1.14. The lowest BCUT2D eigenvalue weighted by Gasteiger charge is -2.43. The number of hydrogen-bond acceptors (Lipinski definition) is 7. The Hall–Kier alpha value is -1.63. The predicted molar refractivity (Wildman–Crippen MR) is 127 cm³/mol. The number of hydrogen-bond donors (Lipinski definition) is 0. The van der Waals surface area contributed by atoms with Gasteiger partial charge < -0.3 is 18.9 Å². The van der Waals surface area contributed by atoms with Crippen LogP contribution in [0.3, 0.4) is 0 Å². The molecule has 7 heteroatoms. The first-order chi connectivity index (χ1) is 15.3. The van der Waals surface area contributed by atoms with Crippen molar-refractivity contribution < 1.29 is 33.3 Å². The molecule has 0 aromatic rings. The van der Waals surface area contributed by atoms with E-state index in [1.54, 1.807) is 0 Å². The van der Waals surface area contributed by atoms with E-state index in [1.807, 2.05) is 48.5 Å². The number of fused-ring (bicyclic) bond motifs is 1. The second-order valence-electron chi connectivity index (χ2n) is 14.1. The van der Waals surface area contributed by atoms with E-state index >= 15 is 0 Å². The number of rotatable bonds is 6. The minimum atomic E-state index is -0.750. The summed E-state index contributed by atoms with van der Waals surface area (Å²) in [6, 6.07) is 0. The zero-order chi connectivity index (χ0) is 25.9. The van der Waals surface area contributed by atoms with Crippen molar-refractivity contribution in [3.63, 3.8) is 0 Å². The lowest BCUT2D eigenvalue weighted by molar-refractivity contribution is -0.178. The Balaban J connectivity index is 1.59.